The van der Waals surface area contributed by atoms with E-state index in [9.17, 15) is 4.79 Å². The van der Waals surface area contributed by atoms with Gasteiger partial charge in [0, 0.05) is 5.56 Å². The van der Waals surface area contributed by atoms with E-state index in [1.54, 1.807) is 18.2 Å². The largest absolute Gasteiger partial charge is 0.353 e. The van der Waals surface area contributed by atoms with Crippen molar-refractivity contribution in [2.45, 2.75) is 0 Å². The SMILES string of the molecule is O=C=Nc1ccccc1-c1cc2nc(Cl)ccc2[nH]1. The number of halogens is 1. The van der Waals surface area contributed by atoms with Crippen molar-refractivity contribution in [3.8, 4) is 11.3 Å². The second-order valence-corrected chi connectivity index (χ2v) is 4.36. The Morgan fingerprint density at radius 3 is 2.89 bits per heavy atom. The highest BCUT2D eigenvalue weighted by atomic mass is 35.5. The van der Waals surface area contributed by atoms with Crippen LogP contribution in [0.15, 0.2) is 47.5 Å². The lowest BCUT2D eigenvalue weighted by Crippen LogP contribution is -1.78. The molecule has 0 aliphatic rings. The minimum atomic E-state index is 0.442. The highest BCUT2D eigenvalue weighted by Gasteiger charge is 2.08. The van der Waals surface area contributed by atoms with E-state index < -0.39 is 0 Å². The first-order chi connectivity index (χ1) is 9.28. The number of carbonyl (C=O) groups excluding carboxylic acids is 1. The van der Waals surface area contributed by atoms with Crippen molar-refractivity contribution in [2.24, 2.45) is 4.99 Å². The van der Waals surface area contributed by atoms with Gasteiger partial charge in [0.1, 0.15) is 5.15 Å². The summed E-state index contributed by atoms with van der Waals surface area (Å²) in [4.78, 5) is 21.6. The molecule has 1 N–H and O–H groups in total. The molecule has 5 heteroatoms. The number of isocyanates is 1. The molecule has 0 aliphatic carbocycles. The van der Waals surface area contributed by atoms with Gasteiger partial charge in [-0.3, -0.25) is 0 Å². The summed E-state index contributed by atoms with van der Waals surface area (Å²) in [5.74, 6) is 0. The van der Waals surface area contributed by atoms with Crippen molar-refractivity contribution >= 4 is 34.4 Å². The lowest BCUT2D eigenvalue weighted by atomic mass is 10.1. The van der Waals surface area contributed by atoms with Crippen LogP contribution in [0.1, 0.15) is 0 Å². The maximum Gasteiger partial charge on any atom is 0.240 e. The van der Waals surface area contributed by atoms with Crippen LogP contribution in [0.3, 0.4) is 0 Å². The Morgan fingerprint density at radius 1 is 1.21 bits per heavy atom. The first-order valence-corrected chi connectivity index (χ1v) is 5.98. The van der Waals surface area contributed by atoms with Crippen LogP contribution in [0.2, 0.25) is 5.15 Å². The van der Waals surface area contributed by atoms with Gasteiger partial charge in [-0.05, 0) is 24.3 Å². The van der Waals surface area contributed by atoms with Gasteiger partial charge in [0.15, 0.2) is 0 Å². The number of para-hydroxylation sites is 1. The Bertz CT molecular complexity index is 803. The molecule has 0 amide bonds. The number of pyridine rings is 1. The fraction of sp³-hybridized carbons (Fsp3) is 0. The molecular formula is C14H8ClN3O. The van der Waals surface area contributed by atoms with Crippen LogP contribution in [0.25, 0.3) is 22.3 Å². The van der Waals surface area contributed by atoms with E-state index in [4.69, 9.17) is 11.6 Å². The van der Waals surface area contributed by atoms with Crippen molar-refractivity contribution in [1.82, 2.24) is 9.97 Å². The molecule has 0 spiro atoms. The van der Waals surface area contributed by atoms with Gasteiger partial charge in [0.25, 0.3) is 0 Å². The number of aliphatic imine (C=N–C) groups is 1. The standard InChI is InChI=1S/C14H8ClN3O/c15-14-6-5-11-13(18-14)7-12(17-11)9-3-1-2-4-10(9)16-8-19/h1-7,17H. The Morgan fingerprint density at radius 2 is 2.05 bits per heavy atom. The molecule has 4 nitrogen and oxygen atoms in total. The van der Waals surface area contributed by atoms with Crippen molar-refractivity contribution in [2.75, 3.05) is 0 Å². The number of fused-ring (bicyclic) bond motifs is 1. The monoisotopic (exact) mass is 269 g/mol. The molecule has 0 bridgehead atoms. The smallest absolute Gasteiger partial charge is 0.240 e. The van der Waals surface area contributed by atoms with Gasteiger partial charge >= 0.3 is 0 Å². The van der Waals surface area contributed by atoms with Gasteiger partial charge in [-0.25, -0.2) is 9.78 Å². The summed E-state index contributed by atoms with van der Waals surface area (Å²) in [5.41, 5.74) is 3.87. The lowest BCUT2D eigenvalue weighted by molar-refractivity contribution is 0.565. The van der Waals surface area contributed by atoms with Crippen LogP contribution in [0.4, 0.5) is 5.69 Å². The van der Waals surface area contributed by atoms with Crippen LogP contribution in [0, 0.1) is 0 Å². The van der Waals surface area contributed by atoms with Gasteiger partial charge in [-0.15, -0.1) is 0 Å². The minimum absolute atomic E-state index is 0.442. The van der Waals surface area contributed by atoms with Crippen LogP contribution < -0.4 is 0 Å². The Balaban J connectivity index is 2.21. The zero-order valence-corrected chi connectivity index (χ0v) is 10.5. The van der Waals surface area contributed by atoms with E-state index in [1.165, 1.54) is 0 Å². The minimum Gasteiger partial charge on any atom is -0.353 e. The lowest BCUT2D eigenvalue weighted by Gasteiger charge is -2.00. The molecule has 2 heterocycles. The number of hydrogen-bond donors (Lipinski definition) is 1. The summed E-state index contributed by atoms with van der Waals surface area (Å²) in [6.45, 7) is 0. The van der Waals surface area contributed by atoms with E-state index in [2.05, 4.69) is 15.0 Å². The molecule has 0 atom stereocenters. The third-order valence-electron chi connectivity index (χ3n) is 2.80. The third-order valence-corrected chi connectivity index (χ3v) is 3.01. The zero-order valence-electron chi connectivity index (χ0n) is 9.72. The summed E-state index contributed by atoms with van der Waals surface area (Å²) in [6, 6.07) is 12.8. The van der Waals surface area contributed by atoms with Crippen molar-refractivity contribution in [3.05, 3.63) is 47.6 Å². The number of rotatable bonds is 2. The highest BCUT2D eigenvalue weighted by molar-refractivity contribution is 6.29. The van der Waals surface area contributed by atoms with E-state index in [0.29, 0.717) is 10.8 Å². The van der Waals surface area contributed by atoms with Crippen LogP contribution in [0.5, 0.6) is 0 Å². The summed E-state index contributed by atoms with van der Waals surface area (Å²) in [5, 5.41) is 0.442. The molecule has 0 radical (unpaired) electrons. The molecule has 19 heavy (non-hydrogen) atoms. The topological polar surface area (TPSA) is 58.1 Å². The molecule has 3 aromatic rings. The number of nitrogens with zero attached hydrogens (tertiary/aromatic N) is 2. The predicted molar refractivity (Wildman–Crippen MR) is 74.3 cm³/mol. The summed E-state index contributed by atoms with van der Waals surface area (Å²) < 4.78 is 0. The molecule has 0 unspecified atom stereocenters. The number of hydrogen-bond acceptors (Lipinski definition) is 3. The van der Waals surface area contributed by atoms with E-state index in [0.717, 1.165) is 22.3 Å². The number of aromatic nitrogens is 2. The first kappa shape index (κ1) is 11.7. The van der Waals surface area contributed by atoms with Gasteiger partial charge in [-0.1, -0.05) is 29.8 Å². The molecule has 1 aromatic carbocycles. The van der Waals surface area contributed by atoms with Crippen molar-refractivity contribution < 1.29 is 4.79 Å². The molecule has 92 valence electrons. The molecule has 0 aliphatic heterocycles. The van der Waals surface area contributed by atoms with Gasteiger partial charge < -0.3 is 4.98 Å². The van der Waals surface area contributed by atoms with E-state index >= 15 is 0 Å². The maximum absolute atomic E-state index is 10.4. The van der Waals surface area contributed by atoms with E-state index in [-0.39, 0.29) is 0 Å². The molecule has 0 fully saturated rings. The summed E-state index contributed by atoms with van der Waals surface area (Å²) in [6.07, 6.45) is 1.56. The van der Waals surface area contributed by atoms with Gasteiger partial charge in [0.2, 0.25) is 6.08 Å². The average Bonchev–Trinajstić information content (AvgIpc) is 2.82. The number of H-pyrrole nitrogens is 1. The number of aromatic amines is 1. The number of benzene rings is 1. The van der Waals surface area contributed by atoms with Crippen LogP contribution in [-0.4, -0.2) is 16.0 Å². The molecular weight excluding hydrogens is 262 g/mol. The van der Waals surface area contributed by atoms with Crippen LogP contribution >= 0.6 is 11.6 Å². The average molecular weight is 270 g/mol. The van der Waals surface area contributed by atoms with Crippen molar-refractivity contribution in [3.63, 3.8) is 0 Å². The summed E-state index contributed by atoms with van der Waals surface area (Å²) in [7, 11) is 0. The summed E-state index contributed by atoms with van der Waals surface area (Å²) >= 11 is 5.86. The fourth-order valence-corrected chi connectivity index (χ4v) is 2.13. The Labute approximate surface area is 113 Å². The van der Waals surface area contributed by atoms with Gasteiger partial charge in [-0.2, -0.15) is 4.99 Å². The second-order valence-electron chi connectivity index (χ2n) is 3.97. The predicted octanol–water partition coefficient (Wildman–Crippen LogP) is 3.85. The van der Waals surface area contributed by atoms with Gasteiger partial charge in [0.05, 0.1) is 22.4 Å². The molecule has 0 saturated heterocycles. The quantitative estimate of drug-likeness (QED) is 0.436. The molecule has 2 aromatic heterocycles. The van der Waals surface area contributed by atoms with E-state index in [1.807, 2.05) is 30.3 Å². The zero-order chi connectivity index (χ0) is 13.2. The third kappa shape index (κ3) is 2.15. The highest BCUT2D eigenvalue weighted by Crippen LogP contribution is 2.31. The van der Waals surface area contributed by atoms with Crippen molar-refractivity contribution in [1.29, 1.82) is 0 Å². The maximum atomic E-state index is 10.4. The van der Waals surface area contributed by atoms with Crippen LogP contribution in [-0.2, 0) is 4.79 Å². The second kappa shape index (κ2) is 4.69. The Hall–Kier alpha value is -2.42. The molecule has 0 saturated carbocycles. The molecule has 3 rings (SSSR count). The first-order valence-electron chi connectivity index (χ1n) is 5.60. The fourth-order valence-electron chi connectivity index (χ4n) is 1.98. The Kier molecular flexibility index (Phi) is 2.88. The number of nitrogens with one attached hydrogen (secondary N) is 1. The normalized spacial score (nSPS) is 10.4.